The molecule has 0 atom stereocenters. The van der Waals surface area contributed by atoms with Gasteiger partial charge in [-0.15, -0.1) is 23.1 Å². The molecule has 0 amide bonds. The minimum Gasteiger partial charge on any atom is -0.457 e. The van der Waals surface area contributed by atoms with E-state index in [2.05, 4.69) is 20.9 Å². The summed E-state index contributed by atoms with van der Waals surface area (Å²) in [4.78, 5) is 17.6. The van der Waals surface area contributed by atoms with E-state index in [1.54, 1.807) is 29.2 Å². The van der Waals surface area contributed by atoms with Gasteiger partial charge in [-0.2, -0.15) is 0 Å². The van der Waals surface area contributed by atoms with Crippen LogP contribution in [0.1, 0.15) is 21.6 Å². The maximum Gasteiger partial charge on any atom is 0.339 e. The smallest absolute Gasteiger partial charge is 0.339 e. The van der Waals surface area contributed by atoms with Crippen LogP contribution >= 0.6 is 39.0 Å². The highest BCUT2D eigenvalue weighted by Gasteiger charge is 2.13. The van der Waals surface area contributed by atoms with Gasteiger partial charge in [0.2, 0.25) is 0 Å². The Morgan fingerprint density at radius 3 is 2.88 bits per heavy atom. The quantitative estimate of drug-likeness (QED) is 0.387. The Labute approximate surface area is 157 Å². The molecule has 2 aromatic carbocycles. The number of aromatic nitrogens is 1. The van der Waals surface area contributed by atoms with Gasteiger partial charge in [0.15, 0.2) is 0 Å². The van der Waals surface area contributed by atoms with E-state index in [0.29, 0.717) is 5.56 Å². The SMILES string of the molecule is O=C(OCc1cccc(Br)c1)c1ccccc1SCc1cscn1. The van der Waals surface area contributed by atoms with Gasteiger partial charge < -0.3 is 4.74 Å². The van der Waals surface area contributed by atoms with E-state index in [1.807, 2.05) is 53.4 Å². The lowest BCUT2D eigenvalue weighted by molar-refractivity contribution is 0.0468. The number of thioether (sulfide) groups is 1. The molecule has 0 saturated heterocycles. The van der Waals surface area contributed by atoms with Crippen LogP contribution in [0.5, 0.6) is 0 Å². The molecular formula is C18H14BrNO2S2. The van der Waals surface area contributed by atoms with Gasteiger partial charge in [0.05, 0.1) is 16.8 Å². The second-order valence-corrected chi connectivity index (χ2v) is 7.62. The summed E-state index contributed by atoms with van der Waals surface area (Å²) >= 11 is 6.58. The number of ether oxygens (including phenoxy) is 1. The number of thiazole rings is 1. The topological polar surface area (TPSA) is 39.2 Å². The highest BCUT2D eigenvalue weighted by Crippen LogP contribution is 2.27. The largest absolute Gasteiger partial charge is 0.457 e. The molecule has 0 spiro atoms. The van der Waals surface area contributed by atoms with E-state index >= 15 is 0 Å². The maximum absolute atomic E-state index is 12.4. The van der Waals surface area contributed by atoms with E-state index in [-0.39, 0.29) is 12.6 Å². The Morgan fingerprint density at radius 2 is 2.08 bits per heavy atom. The van der Waals surface area contributed by atoms with Gasteiger partial charge in [0.25, 0.3) is 0 Å². The molecule has 0 bridgehead atoms. The molecule has 0 aliphatic rings. The van der Waals surface area contributed by atoms with Crippen LogP contribution in [-0.4, -0.2) is 11.0 Å². The van der Waals surface area contributed by atoms with Gasteiger partial charge in [-0.25, -0.2) is 9.78 Å². The molecule has 122 valence electrons. The number of halogens is 1. The molecule has 3 nitrogen and oxygen atoms in total. The summed E-state index contributed by atoms with van der Waals surface area (Å²) in [6.45, 7) is 0.253. The van der Waals surface area contributed by atoms with Gasteiger partial charge >= 0.3 is 5.97 Å². The van der Waals surface area contributed by atoms with Crippen LogP contribution in [0.3, 0.4) is 0 Å². The first-order valence-electron chi connectivity index (χ1n) is 7.23. The summed E-state index contributed by atoms with van der Waals surface area (Å²) in [5.74, 6) is 0.427. The molecule has 0 unspecified atom stereocenters. The molecule has 0 aliphatic heterocycles. The Hall–Kier alpha value is -1.63. The van der Waals surface area contributed by atoms with Gasteiger partial charge in [-0.05, 0) is 29.8 Å². The van der Waals surface area contributed by atoms with Gasteiger partial charge in [0.1, 0.15) is 6.61 Å². The van der Waals surface area contributed by atoms with Gasteiger partial charge in [-0.1, -0.05) is 40.2 Å². The van der Waals surface area contributed by atoms with Crippen molar-refractivity contribution >= 4 is 45.0 Å². The minimum absolute atomic E-state index is 0.253. The lowest BCUT2D eigenvalue weighted by Crippen LogP contribution is -2.06. The second-order valence-electron chi connectivity index (χ2n) is 4.97. The third-order valence-corrected chi connectivity index (χ3v) is 5.46. The first kappa shape index (κ1) is 17.2. The predicted molar refractivity (Wildman–Crippen MR) is 101 cm³/mol. The molecule has 1 heterocycles. The number of hydrogen-bond acceptors (Lipinski definition) is 5. The van der Waals surface area contributed by atoms with Crippen LogP contribution in [0.15, 0.2) is 68.8 Å². The monoisotopic (exact) mass is 419 g/mol. The number of esters is 1. The van der Waals surface area contributed by atoms with Crippen LogP contribution in [0.2, 0.25) is 0 Å². The lowest BCUT2D eigenvalue weighted by atomic mass is 10.2. The van der Waals surface area contributed by atoms with Crippen molar-refractivity contribution in [3.63, 3.8) is 0 Å². The number of hydrogen-bond donors (Lipinski definition) is 0. The molecule has 0 N–H and O–H groups in total. The number of benzene rings is 2. The molecular weight excluding hydrogens is 406 g/mol. The Bertz CT molecular complexity index is 821. The standard InChI is InChI=1S/C18H14BrNO2S2/c19-14-5-3-4-13(8-14)9-22-18(21)16-6-1-2-7-17(16)24-11-15-10-23-12-20-15/h1-8,10,12H,9,11H2. The van der Waals surface area contributed by atoms with E-state index in [4.69, 9.17) is 4.74 Å². The van der Waals surface area contributed by atoms with Crippen LogP contribution in [-0.2, 0) is 17.1 Å². The minimum atomic E-state index is -0.309. The summed E-state index contributed by atoms with van der Waals surface area (Å²) in [7, 11) is 0. The first-order valence-corrected chi connectivity index (χ1v) is 9.95. The van der Waals surface area contributed by atoms with Crippen LogP contribution in [0.4, 0.5) is 0 Å². The molecule has 24 heavy (non-hydrogen) atoms. The zero-order chi connectivity index (χ0) is 16.8. The van der Waals surface area contributed by atoms with Gasteiger partial charge in [-0.3, -0.25) is 0 Å². The van der Waals surface area contributed by atoms with Crippen molar-refractivity contribution in [1.82, 2.24) is 4.98 Å². The van der Waals surface area contributed by atoms with Crippen molar-refractivity contribution in [1.29, 1.82) is 0 Å². The molecule has 1 aromatic heterocycles. The van der Waals surface area contributed by atoms with Crippen molar-refractivity contribution in [3.8, 4) is 0 Å². The molecule has 0 aliphatic carbocycles. The van der Waals surface area contributed by atoms with Crippen LogP contribution in [0, 0.1) is 0 Å². The molecule has 3 rings (SSSR count). The Balaban J connectivity index is 1.65. The van der Waals surface area contributed by atoms with E-state index in [0.717, 1.165) is 26.4 Å². The highest BCUT2D eigenvalue weighted by atomic mass is 79.9. The number of carbonyl (C=O) groups is 1. The zero-order valence-electron chi connectivity index (χ0n) is 12.6. The summed E-state index contributed by atoms with van der Waals surface area (Å²) in [6, 6.07) is 15.2. The predicted octanol–water partition coefficient (Wildman–Crippen LogP) is 5.55. The van der Waals surface area contributed by atoms with Crippen LogP contribution in [0.25, 0.3) is 0 Å². The molecule has 0 radical (unpaired) electrons. The summed E-state index contributed by atoms with van der Waals surface area (Å²) < 4.78 is 6.43. The zero-order valence-corrected chi connectivity index (χ0v) is 15.9. The van der Waals surface area contributed by atoms with E-state index in [1.165, 1.54) is 0 Å². The molecule has 0 saturated carbocycles. The molecule has 0 fully saturated rings. The third-order valence-electron chi connectivity index (χ3n) is 3.22. The summed E-state index contributed by atoms with van der Waals surface area (Å²) in [6.07, 6.45) is 0. The number of rotatable bonds is 6. The maximum atomic E-state index is 12.4. The van der Waals surface area contributed by atoms with Crippen molar-refractivity contribution < 1.29 is 9.53 Å². The Morgan fingerprint density at radius 1 is 1.21 bits per heavy atom. The fourth-order valence-electron chi connectivity index (χ4n) is 2.08. The van der Waals surface area contributed by atoms with Gasteiger partial charge in [0, 0.05) is 20.5 Å². The van der Waals surface area contributed by atoms with E-state index in [9.17, 15) is 4.79 Å². The Kier molecular flexibility index (Phi) is 6.07. The average Bonchev–Trinajstić information content (AvgIpc) is 3.12. The summed E-state index contributed by atoms with van der Waals surface area (Å²) in [5, 5.41) is 2.02. The fourth-order valence-corrected chi connectivity index (χ4v) is 4.13. The van der Waals surface area contributed by atoms with Crippen LogP contribution < -0.4 is 0 Å². The summed E-state index contributed by atoms with van der Waals surface area (Å²) in [5.41, 5.74) is 4.37. The second kappa shape index (κ2) is 8.46. The van der Waals surface area contributed by atoms with Crippen molar-refractivity contribution in [2.75, 3.05) is 0 Å². The van der Waals surface area contributed by atoms with E-state index < -0.39 is 0 Å². The van der Waals surface area contributed by atoms with Crippen molar-refractivity contribution in [2.45, 2.75) is 17.3 Å². The highest BCUT2D eigenvalue weighted by molar-refractivity contribution is 9.10. The molecule has 6 heteroatoms. The number of carbonyl (C=O) groups excluding carboxylic acids is 1. The normalized spacial score (nSPS) is 10.5. The average molecular weight is 420 g/mol. The third kappa shape index (κ3) is 4.69. The molecule has 3 aromatic rings. The van der Waals surface area contributed by atoms with Crippen molar-refractivity contribution in [3.05, 3.63) is 80.7 Å². The first-order chi connectivity index (χ1) is 11.7. The van der Waals surface area contributed by atoms with Crippen molar-refractivity contribution in [2.24, 2.45) is 0 Å². The fraction of sp³-hybridized carbons (Fsp3) is 0.111. The number of nitrogens with zero attached hydrogens (tertiary/aromatic N) is 1. The lowest BCUT2D eigenvalue weighted by Gasteiger charge is -2.09.